The van der Waals surface area contributed by atoms with Crippen LogP contribution in [0.5, 0.6) is 0 Å². The predicted molar refractivity (Wildman–Crippen MR) is 68.2 cm³/mol. The summed E-state index contributed by atoms with van der Waals surface area (Å²) in [5, 5.41) is 19.7. The van der Waals surface area contributed by atoms with Gasteiger partial charge in [0, 0.05) is 16.3 Å². The molecule has 5 nitrogen and oxygen atoms in total. The molecule has 0 heterocycles. The number of hydrogen-bond donors (Lipinski definition) is 3. The SMILES string of the molecule is CCOC(=O)C(O)C(O)c1cc(C)c(N)cc1Cl. The van der Waals surface area contributed by atoms with E-state index < -0.39 is 18.2 Å². The number of hydrogen-bond acceptors (Lipinski definition) is 5. The zero-order valence-electron chi connectivity index (χ0n) is 10.2. The molecule has 1 aromatic carbocycles. The lowest BCUT2D eigenvalue weighted by Gasteiger charge is -2.18. The molecule has 0 saturated heterocycles. The minimum absolute atomic E-state index is 0.122. The van der Waals surface area contributed by atoms with Gasteiger partial charge in [-0.2, -0.15) is 0 Å². The maximum absolute atomic E-state index is 11.3. The van der Waals surface area contributed by atoms with Gasteiger partial charge in [0.2, 0.25) is 0 Å². The Morgan fingerprint density at radius 2 is 2.11 bits per heavy atom. The lowest BCUT2D eigenvalue weighted by Crippen LogP contribution is -2.30. The Kier molecular flexibility index (Phi) is 4.95. The van der Waals surface area contributed by atoms with E-state index in [9.17, 15) is 15.0 Å². The summed E-state index contributed by atoms with van der Waals surface area (Å²) in [6.45, 7) is 3.47. The number of carbonyl (C=O) groups excluding carboxylic acids is 1. The zero-order valence-corrected chi connectivity index (χ0v) is 10.9. The molecule has 4 N–H and O–H groups in total. The number of aryl methyl sites for hydroxylation is 1. The molecule has 2 atom stereocenters. The average Bonchev–Trinajstić information content (AvgIpc) is 2.32. The molecule has 0 aliphatic carbocycles. The first kappa shape index (κ1) is 14.8. The van der Waals surface area contributed by atoms with Crippen LogP contribution in [0.25, 0.3) is 0 Å². The van der Waals surface area contributed by atoms with Crippen LogP contribution in [0.3, 0.4) is 0 Å². The summed E-state index contributed by atoms with van der Waals surface area (Å²) in [6.07, 6.45) is -3.12. The first-order chi connectivity index (χ1) is 8.38. The molecule has 0 bridgehead atoms. The van der Waals surface area contributed by atoms with Crippen molar-refractivity contribution in [3.8, 4) is 0 Å². The van der Waals surface area contributed by atoms with Gasteiger partial charge in [0.1, 0.15) is 6.10 Å². The summed E-state index contributed by atoms with van der Waals surface area (Å²) < 4.78 is 4.62. The van der Waals surface area contributed by atoms with E-state index in [0.717, 1.165) is 0 Å². The van der Waals surface area contributed by atoms with E-state index in [-0.39, 0.29) is 17.2 Å². The van der Waals surface area contributed by atoms with Crippen LogP contribution in [0.4, 0.5) is 5.69 Å². The normalized spacial score (nSPS) is 14.1. The van der Waals surface area contributed by atoms with Crippen molar-refractivity contribution in [3.05, 3.63) is 28.3 Å². The fraction of sp³-hybridized carbons (Fsp3) is 0.417. The third kappa shape index (κ3) is 3.13. The average molecular weight is 274 g/mol. The van der Waals surface area contributed by atoms with Gasteiger partial charge in [0.25, 0.3) is 0 Å². The topological polar surface area (TPSA) is 92.8 Å². The molecule has 0 radical (unpaired) electrons. The van der Waals surface area contributed by atoms with Crippen LogP contribution in [-0.4, -0.2) is 28.9 Å². The van der Waals surface area contributed by atoms with Crippen LogP contribution in [0.1, 0.15) is 24.2 Å². The van der Waals surface area contributed by atoms with Crippen molar-refractivity contribution < 1.29 is 19.7 Å². The molecular formula is C12H16ClNO4. The van der Waals surface area contributed by atoms with Crippen LogP contribution in [0.2, 0.25) is 5.02 Å². The third-order valence-corrected chi connectivity index (χ3v) is 2.86. The number of nitrogen functional groups attached to an aromatic ring is 1. The fourth-order valence-corrected chi connectivity index (χ4v) is 1.76. The number of halogens is 1. The van der Waals surface area contributed by atoms with Gasteiger partial charge in [-0.3, -0.25) is 0 Å². The second-order valence-electron chi connectivity index (χ2n) is 3.87. The van der Waals surface area contributed by atoms with Crippen LogP contribution >= 0.6 is 11.6 Å². The van der Waals surface area contributed by atoms with Gasteiger partial charge in [-0.05, 0) is 31.5 Å². The summed E-state index contributed by atoms with van der Waals surface area (Å²) in [4.78, 5) is 11.3. The first-order valence-corrected chi connectivity index (χ1v) is 5.84. The third-order valence-electron chi connectivity index (χ3n) is 2.53. The van der Waals surface area contributed by atoms with Crippen LogP contribution in [0, 0.1) is 6.92 Å². The number of benzene rings is 1. The van der Waals surface area contributed by atoms with E-state index >= 15 is 0 Å². The molecule has 0 amide bonds. The Labute approximate surface area is 110 Å². The summed E-state index contributed by atoms with van der Waals surface area (Å²) in [5.74, 6) is -0.893. The summed E-state index contributed by atoms with van der Waals surface area (Å²) >= 11 is 5.92. The van der Waals surface area contributed by atoms with E-state index in [4.69, 9.17) is 17.3 Å². The quantitative estimate of drug-likeness (QED) is 0.566. The standard InChI is InChI=1S/C12H16ClNO4/c1-3-18-12(17)11(16)10(15)7-4-6(2)9(14)5-8(7)13/h4-5,10-11,15-16H,3,14H2,1-2H3. The number of anilines is 1. The maximum Gasteiger partial charge on any atom is 0.338 e. The first-order valence-electron chi connectivity index (χ1n) is 5.46. The van der Waals surface area contributed by atoms with Gasteiger partial charge in [-0.25, -0.2) is 4.79 Å². The number of nitrogens with two attached hydrogens (primary N) is 1. The van der Waals surface area contributed by atoms with Crippen molar-refractivity contribution in [1.82, 2.24) is 0 Å². The summed E-state index contributed by atoms with van der Waals surface area (Å²) in [7, 11) is 0. The molecule has 1 aromatic rings. The van der Waals surface area contributed by atoms with E-state index in [0.29, 0.717) is 11.3 Å². The highest BCUT2D eigenvalue weighted by atomic mass is 35.5. The van der Waals surface area contributed by atoms with Crippen molar-refractivity contribution >= 4 is 23.3 Å². The predicted octanol–water partition coefficient (Wildman–Crippen LogP) is 1.19. The van der Waals surface area contributed by atoms with Gasteiger partial charge in [0.05, 0.1) is 6.61 Å². The van der Waals surface area contributed by atoms with Crippen LogP contribution < -0.4 is 5.73 Å². The molecule has 0 fully saturated rings. The maximum atomic E-state index is 11.3. The molecular weight excluding hydrogens is 258 g/mol. The lowest BCUT2D eigenvalue weighted by molar-refractivity contribution is -0.159. The Bertz CT molecular complexity index is 450. The van der Waals surface area contributed by atoms with Gasteiger partial charge in [-0.15, -0.1) is 0 Å². The van der Waals surface area contributed by atoms with Gasteiger partial charge in [0.15, 0.2) is 6.10 Å². The summed E-state index contributed by atoms with van der Waals surface area (Å²) in [5.41, 5.74) is 7.07. The number of esters is 1. The van der Waals surface area contributed by atoms with E-state index in [1.807, 2.05) is 0 Å². The second kappa shape index (κ2) is 6.04. The largest absolute Gasteiger partial charge is 0.464 e. The van der Waals surface area contributed by atoms with Crippen molar-refractivity contribution in [3.63, 3.8) is 0 Å². The van der Waals surface area contributed by atoms with Crippen molar-refractivity contribution in [2.75, 3.05) is 12.3 Å². The van der Waals surface area contributed by atoms with Gasteiger partial charge < -0.3 is 20.7 Å². The Morgan fingerprint density at radius 3 is 2.67 bits per heavy atom. The molecule has 0 aliphatic rings. The Balaban J connectivity index is 3.00. The van der Waals surface area contributed by atoms with Crippen LogP contribution in [-0.2, 0) is 9.53 Å². The number of carbonyl (C=O) groups is 1. The molecule has 0 aromatic heterocycles. The van der Waals surface area contributed by atoms with E-state index in [1.165, 1.54) is 12.1 Å². The molecule has 6 heteroatoms. The lowest BCUT2D eigenvalue weighted by atomic mass is 10.0. The molecule has 0 saturated carbocycles. The number of rotatable bonds is 4. The number of aliphatic hydroxyl groups is 2. The fourth-order valence-electron chi connectivity index (χ4n) is 1.47. The molecule has 1 rings (SSSR count). The van der Waals surface area contributed by atoms with Crippen molar-refractivity contribution in [2.45, 2.75) is 26.1 Å². The molecule has 0 spiro atoms. The minimum atomic E-state index is -1.68. The van der Waals surface area contributed by atoms with E-state index in [1.54, 1.807) is 13.8 Å². The molecule has 18 heavy (non-hydrogen) atoms. The molecule has 2 unspecified atom stereocenters. The Hall–Kier alpha value is -1.30. The van der Waals surface area contributed by atoms with Crippen molar-refractivity contribution in [1.29, 1.82) is 0 Å². The summed E-state index contributed by atoms with van der Waals surface area (Å²) in [6, 6.07) is 3.00. The monoisotopic (exact) mass is 273 g/mol. The zero-order chi connectivity index (χ0) is 13.9. The number of ether oxygens (including phenoxy) is 1. The second-order valence-corrected chi connectivity index (χ2v) is 4.28. The molecule has 0 aliphatic heterocycles. The van der Waals surface area contributed by atoms with E-state index in [2.05, 4.69) is 4.74 Å². The molecule has 100 valence electrons. The highest BCUT2D eigenvalue weighted by molar-refractivity contribution is 6.31. The van der Waals surface area contributed by atoms with Crippen molar-refractivity contribution in [2.24, 2.45) is 0 Å². The number of aliphatic hydroxyl groups excluding tert-OH is 2. The van der Waals surface area contributed by atoms with Crippen LogP contribution in [0.15, 0.2) is 12.1 Å². The van der Waals surface area contributed by atoms with Gasteiger partial charge >= 0.3 is 5.97 Å². The highest BCUT2D eigenvalue weighted by Gasteiger charge is 2.28. The van der Waals surface area contributed by atoms with Gasteiger partial charge in [-0.1, -0.05) is 11.6 Å². The Morgan fingerprint density at radius 1 is 1.50 bits per heavy atom. The minimum Gasteiger partial charge on any atom is -0.464 e. The highest BCUT2D eigenvalue weighted by Crippen LogP contribution is 2.29. The smallest absolute Gasteiger partial charge is 0.338 e.